The van der Waals surface area contributed by atoms with Crippen LogP contribution in [-0.2, 0) is 0 Å². The number of nitrogens with zero attached hydrogens (tertiary/aromatic N) is 3. The van der Waals surface area contributed by atoms with Crippen molar-refractivity contribution in [2.45, 2.75) is 25.8 Å². The van der Waals surface area contributed by atoms with Crippen molar-refractivity contribution < 1.29 is 9.90 Å². The highest BCUT2D eigenvalue weighted by Gasteiger charge is 2.37. The minimum absolute atomic E-state index is 0.0627. The van der Waals surface area contributed by atoms with E-state index < -0.39 is 11.2 Å². The van der Waals surface area contributed by atoms with Crippen molar-refractivity contribution in [1.29, 1.82) is 0 Å². The maximum Gasteiger partial charge on any atom is 0.277 e. The molecule has 1 N–H and O–H groups in total. The maximum atomic E-state index is 12.8. The normalized spacial score (nSPS) is 23.0. The zero-order valence-electron chi connectivity index (χ0n) is 14.1. The number of carbonyl (C=O) groups is 1. The first kappa shape index (κ1) is 15.7. The van der Waals surface area contributed by atoms with Crippen molar-refractivity contribution in [3.05, 3.63) is 64.1 Å². The van der Waals surface area contributed by atoms with Gasteiger partial charge in [-0.05, 0) is 24.3 Å². The van der Waals surface area contributed by atoms with Gasteiger partial charge in [0.2, 0.25) is 5.43 Å². The van der Waals surface area contributed by atoms with Crippen LogP contribution < -0.4 is 10.4 Å². The number of hydrogen-bond donors (Lipinski definition) is 1. The molecule has 4 rings (SSSR count). The van der Waals surface area contributed by atoms with Gasteiger partial charge in [0, 0.05) is 18.8 Å². The highest BCUT2D eigenvalue weighted by atomic mass is 16.3. The lowest BCUT2D eigenvalue weighted by atomic mass is 9.92. The summed E-state index contributed by atoms with van der Waals surface area (Å²) in [7, 11) is 0. The molecule has 2 atom stereocenters. The monoisotopic (exact) mass is 339 g/mol. The summed E-state index contributed by atoms with van der Waals surface area (Å²) in [6, 6.07) is 11.5. The Labute approximate surface area is 145 Å². The molecule has 3 heterocycles. The molecule has 1 amide bonds. The lowest BCUT2D eigenvalue weighted by molar-refractivity contribution is 0.0636. The third-order valence-electron chi connectivity index (χ3n) is 5.20. The fraction of sp³-hybridized carbons (Fsp3) is 0.368. The van der Waals surface area contributed by atoms with Crippen molar-refractivity contribution in [2.75, 3.05) is 18.2 Å². The molecule has 6 nitrogen and oxygen atoms in total. The van der Waals surface area contributed by atoms with Gasteiger partial charge in [-0.1, -0.05) is 37.3 Å². The van der Waals surface area contributed by atoms with E-state index in [1.807, 2.05) is 18.2 Å². The zero-order valence-corrected chi connectivity index (χ0v) is 14.1. The Bertz CT molecular complexity index is 862. The minimum atomic E-state index is -0.525. The van der Waals surface area contributed by atoms with Crippen LogP contribution in [0.4, 0.5) is 0 Å². The van der Waals surface area contributed by atoms with E-state index in [0.717, 1.165) is 18.4 Å². The average Bonchev–Trinajstić information content (AvgIpc) is 2.61. The number of aromatic hydroxyl groups is 1. The first-order chi connectivity index (χ1) is 12.1. The molecule has 1 aromatic carbocycles. The molecule has 25 heavy (non-hydrogen) atoms. The average molecular weight is 339 g/mol. The third kappa shape index (κ3) is 2.58. The summed E-state index contributed by atoms with van der Waals surface area (Å²) in [5.74, 6) is -0.298. The zero-order chi connectivity index (χ0) is 17.6. The van der Waals surface area contributed by atoms with E-state index in [2.05, 4.69) is 24.1 Å². The Hall–Kier alpha value is -2.76. The smallest absolute Gasteiger partial charge is 0.277 e. The molecule has 2 aliphatic heterocycles. The largest absolute Gasteiger partial charge is 0.502 e. The second-order valence-electron chi connectivity index (χ2n) is 6.93. The first-order valence-corrected chi connectivity index (χ1v) is 8.62. The van der Waals surface area contributed by atoms with Crippen molar-refractivity contribution in [3.8, 4) is 5.75 Å². The molecule has 0 saturated carbocycles. The molecule has 0 spiro atoms. The number of amides is 1. The van der Waals surface area contributed by atoms with Crippen LogP contribution in [0.1, 0.15) is 41.9 Å². The molecular weight excluding hydrogens is 318 g/mol. The highest BCUT2D eigenvalue weighted by Crippen LogP contribution is 2.34. The minimum Gasteiger partial charge on any atom is -0.502 e. The summed E-state index contributed by atoms with van der Waals surface area (Å²) in [5.41, 5.74) is 0.701. The van der Waals surface area contributed by atoms with E-state index in [1.54, 1.807) is 15.8 Å². The Morgan fingerprint density at radius 3 is 2.64 bits per heavy atom. The van der Waals surface area contributed by atoms with Gasteiger partial charge in [-0.25, -0.2) is 0 Å². The number of benzene rings is 1. The summed E-state index contributed by atoms with van der Waals surface area (Å²) < 4.78 is 1.66. The number of aromatic nitrogens is 1. The Kier molecular flexibility index (Phi) is 3.75. The third-order valence-corrected chi connectivity index (χ3v) is 5.20. The van der Waals surface area contributed by atoms with Crippen LogP contribution in [0.15, 0.2) is 47.4 Å². The molecule has 1 aromatic heterocycles. The fourth-order valence-electron chi connectivity index (χ4n) is 3.79. The SMILES string of the molecule is CC1CCN2CN(C(c3ccccc3)C1)n1ccc(=O)c(O)c1C2=O. The van der Waals surface area contributed by atoms with Gasteiger partial charge in [-0.3, -0.25) is 19.3 Å². The van der Waals surface area contributed by atoms with Crippen molar-refractivity contribution in [1.82, 2.24) is 9.58 Å². The van der Waals surface area contributed by atoms with Crippen LogP contribution in [0.2, 0.25) is 0 Å². The second kappa shape index (κ2) is 5.95. The van der Waals surface area contributed by atoms with E-state index in [4.69, 9.17) is 0 Å². The quantitative estimate of drug-likeness (QED) is 0.864. The molecule has 0 aliphatic carbocycles. The molecule has 2 aromatic rings. The van der Waals surface area contributed by atoms with Gasteiger partial charge in [-0.15, -0.1) is 0 Å². The summed E-state index contributed by atoms with van der Waals surface area (Å²) in [6.07, 6.45) is 3.44. The molecule has 2 unspecified atom stereocenters. The topological polar surface area (TPSA) is 65.8 Å². The number of pyridine rings is 1. The molecule has 2 aliphatic rings. The van der Waals surface area contributed by atoms with Gasteiger partial charge >= 0.3 is 0 Å². The van der Waals surface area contributed by atoms with Crippen LogP contribution in [0.5, 0.6) is 5.75 Å². The van der Waals surface area contributed by atoms with Crippen LogP contribution >= 0.6 is 0 Å². The van der Waals surface area contributed by atoms with Gasteiger partial charge in [0.15, 0.2) is 11.4 Å². The van der Waals surface area contributed by atoms with Crippen LogP contribution in [0.25, 0.3) is 0 Å². The summed E-state index contributed by atoms with van der Waals surface area (Å²) in [5, 5.41) is 12.3. The molecule has 2 bridgehead atoms. The van der Waals surface area contributed by atoms with Crippen molar-refractivity contribution in [3.63, 3.8) is 0 Å². The van der Waals surface area contributed by atoms with Gasteiger partial charge in [0.25, 0.3) is 5.91 Å². The number of hydrogen-bond acceptors (Lipinski definition) is 4. The van der Waals surface area contributed by atoms with E-state index in [0.29, 0.717) is 19.1 Å². The van der Waals surface area contributed by atoms with Crippen molar-refractivity contribution >= 4 is 5.91 Å². The molecule has 1 saturated heterocycles. The lowest BCUT2D eigenvalue weighted by Gasteiger charge is -2.46. The van der Waals surface area contributed by atoms with Crippen LogP contribution in [0.3, 0.4) is 0 Å². The second-order valence-corrected chi connectivity index (χ2v) is 6.93. The molecular formula is C19H21N3O3. The Balaban J connectivity index is 1.90. The Morgan fingerprint density at radius 2 is 1.88 bits per heavy atom. The predicted molar refractivity (Wildman–Crippen MR) is 94.1 cm³/mol. The van der Waals surface area contributed by atoms with Gasteiger partial charge in [0.05, 0.1) is 6.04 Å². The summed E-state index contributed by atoms with van der Waals surface area (Å²) in [4.78, 5) is 26.4. The summed E-state index contributed by atoms with van der Waals surface area (Å²) in [6.45, 7) is 3.27. The standard InChI is InChI=1S/C19H21N3O3/c1-13-7-9-20-12-22(15(11-13)14-5-3-2-4-6-14)21-10-8-16(23)18(24)17(21)19(20)25/h2-6,8,10,13,15,24H,7,9,11-12H2,1H3. The van der Waals surface area contributed by atoms with E-state index in [1.165, 1.54) is 6.07 Å². The molecule has 130 valence electrons. The van der Waals surface area contributed by atoms with E-state index >= 15 is 0 Å². The van der Waals surface area contributed by atoms with Crippen LogP contribution in [-0.4, -0.2) is 33.8 Å². The molecule has 6 heteroatoms. The predicted octanol–water partition coefficient (Wildman–Crippen LogP) is 2.08. The van der Waals surface area contributed by atoms with Crippen molar-refractivity contribution in [2.24, 2.45) is 5.92 Å². The highest BCUT2D eigenvalue weighted by molar-refractivity contribution is 5.96. The van der Waals surface area contributed by atoms with E-state index in [-0.39, 0.29) is 17.6 Å². The molecule has 1 fully saturated rings. The van der Waals surface area contributed by atoms with Gasteiger partial charge in [-0.2, -0.15) is 0 Å². The van der Waals surface area contributed by atoms with E-state index in [9.17, 15) is 14.7 Å². The van der Waals surface area contributed by atoms with Gasteiger partial charge < -0.3 is 10.0 Å². The van der Waals surface area contributed by atoms with Gasteiger partial charge in [0.1, 0.15) is 6.67 Å². The lowest BCUT2D eigenvalue weighted by Crippen LogP contribution is -2.56. The Morgan fingerprint density at radius 1 is 1.12 bits per heavy atom. The summed E-state index contributed by atoms with van der Waals surface area (Å²) >= 11 is 0. The number of carbonyl (C=O) groups excluding carboxylic acids is 1. The number of fused-ring (bicyclic) bond motifs is 4. The van der Waals surface area contributed by atoms with Crippen LogP contribution in [0, 0.1) is 5.92 Å². The number of rotatable bonds is 1. The first-order valence-electron chi connectivity index (χ1n) is 8.62. The fourth-order valence-corrected chi connectivity index (χ4v) is 3.79. The molecule has 0 radical (unpaired) electrons. The maximum absolute atomic E-state index is 12.8.